The minimum Gasteiger partial charge on any atom is -0.456 e. The Balaban J connectivity index is 1.06. The van der Waals surface area contributed by atoms with Gasteiger partial charge in [0.05, 0.1) is 6.54 Å². The molecule has 3 heteroatoms. The third-order valence-corrected chi connectivity index (χ3v) is 10.6. The Morgan fingerprint density at radius 2 is 0.907 bits per heavy atom. The van der Waals surface area contributed by atoms with Crippen molar-refractivity contribution in [3.05, 3.63) is 193 Å². The van der Waals surface area contributed by atoms with Crippen molar-refractivity contribution < 1.29 is 4.42 Å². The predicted molar refractivity (Wildman–Crippen MR) is 229 cm³/mol. The molecule has 3 nitrogen and oxygen atoms in total. The van der Waals surface area contributed by atoms with E-state index in [-0.39, 0.29) is 0 Å². The van der Waals surface area contributed by atoms with Gasteiger partial charge in [-0.25, -0.2) is 4.99 Å². The van der Waals surface area contributed by atoms with Gasteiger partial charge in [-0.05, 0) is 108 Å². The second-order valence-electron chi connectivity index (χ2n) is 13.8. The molecule has 0 bridgehead atoms. The Labute approximate surface area is 313 Å². The number of nitrogens with zero attached hydrogens (tertiary/aromatic N) is 2. The molecule has 0 N–H and O–H groups in total. The molecule has 0 aliphatic carbocycles. The first-order chi connectivity index (χ1) is 26.7. The first-order valence-electron chi connectivity index (χ1n) is 18.3. The van der Waals surface area contributed by atoms with E-state index in [9.17, 15) is 0 Å². The number of furan rings is 1. The Morgan fingerprint density at radius 3 is 1.54 bits per heavy atom. The molecule has 10 rings (SSSR count). The molecule has 1 heterocycles. The fourth-order valence-electron chi connectivity index (χ4n) is 8.08. The van der Waals surface area contributed by atoms with Gasteiger partial charge in [0, 0.05) is 16.3 Å². The van der Waals surface area contributed by atoms with Gasteiger partial charge in [0.1, 0.15) is 11.2 Å². The highest BCUT2D eigenvalue weighted by Gasteiger charge is 2.16. The molecule has 54 heavy (non-hydrogen) atoms. The number of hydrogen-bond acceptors (Lipinski definition) is 2. The fraction of sp³-hybridized carbons (Fsp3) is 0.0196. The lowest BCUT2D eigenvalue weighted by atomic mass is 9.87. The van der Waals surface area contributed by atoms with Gasteiger partial charge >= 0.3 is 0 Å². The summed E-state index contributed by atoms with van der Waals surface area (Å²) in [5.41, 5.74) is 10.7. The van der Waals surface area contributed by atoms with Gasteiger partial charge in [-0.15, -0.1) is 0 Å². The zero-order valence-electron chi connectivity index (χ0n) is 29.5. The van der Waals surface area contributed by atoms with Gasteiger partial charge in [0.25, 0.3) is 0 Å². The van der Waals surface area contributed by atoms with Gasteiger partial charge in [-0.2, -0.15) is 0 Å². The summed E-state index contributed by atoms with van der Waals surface area (Å²) in [7, 11) is 0. The minimum absolute atomic E-state index is 0.536. The van der Waals surface area contributed by atoms with Crippen LogP contribution in [-0.4, -0.2) is 12.6 Å². The molecular weight excluding hydrogens is 657 g/mol. The maximum Gasteiger partial charge on any atom is 0.154 e. The third-order valence-electron chi connectivity index (χ3n) is 10.6. The van der Waals surface area contributed by atoms with Crippen LogP contribution in [0.15, 0.2) is 196 Å². The van der Waals surface area contributed by atoms with Gasteiger partial charge in [0.15, 0.2) is 5.84 Å². The molecule has 0 saturated carbocycles. The summed E-state index contributed by atoms with van der Waals surface area (Å²) in [6.45, 7) is 4.34. The number of rotatable bonds is 6. The number of hydrogen-bond donors (Lipinski definition) is 0. The lowest BCUT2D eigenvalue weighted by Crippen LogP contribution is -1.97. The summed E-state index contributed by atoms with van der Waals surface area (Å²) >= 11 is 0. The molecule has 0 aliphatic rings. The summed E-state index contributed by atoms with van der Waals surface area (Å²) in [6.07, 6.45) is 0. The zero-order chi connectivity index (χ0) is 36.0. The van der Waals surface area contributed by atoms with E-state index < -0.39 is 0 Å². The highest BCUT2D eigenvalue weighted by Crippen LogP contribution is 2.42. The van der Waals surface area contributed by atoms with E-state index in [0.717, 1.165) is 38.6 Å². The second-order valence-corrected chi connectivity index (χ2v) is 13.8. The van der Waals surface area contributed by atoms with Crippen molar-refractivity contribution in [3.8, 4) is 33.4 Å². The summed E-state index contributed by atoms with van der Waals surface area (Å²) < 4.78 is 6.41. The maximum absolute atomic E-state index is 6.41. The quantitative estimate of drug-likeness (QED) is 0.0972. The lowest BCUT2D eigenvalue weighted by Gasteiger charge is -2.16. The molecule has 1 aromatic heterocycles. The predicted octanol–water partition coefficient (Wildman–Crippen LogP) is 13.7. The fourth-order valence-corrected chi connectivity index (χ4v) is 8.08. The minimum atomic E-state index is 0.536. The molecule has 0 unspecified atom stereocenters. The Morgan fingerprint density at radius 1 is 0.407 bits per heavy atom. The van der Waals surface area contributed by atoms with Gasteiger partial charge in [0.2, 0.25) is 0 Å². The monoisotopic (exact) mass is 690 g/mol. The van der Waals surface area contributed by atoms with E-state index in [1.54, 1.807) is 0 Å². The highest BCUT2D eigenvalue weighted by atomic mass is 16.3. The normalized spacial score (nSPS) is 12.0. The smallest absolute Gasteiger partial charge is 0.154 e. The molecule has 0 saturated heterocycles. The van der Waals surface area contributed by atoms with Crippen LogP contribution in [0.3, 0.4) is 0 Å². The van der Waals surface area contributed by atoms with Crippen LogP contribution in [0.5, 0.6) is 0 Å². The van der Waals surface area contributed by atoms with Gasteiger partial charge in [-0.3, -0.25) is 4.99 Å². The van der Waals surface area contributed by atoms with E-state index in [4.69, 9.17) is 9.41 Å². The SMILES string of the molecule is C=N/C(=N\Cc1ccccc1)c1ccc2c(c1)oc1ccc(-c3ccccc3-c3ccccc3-c3ccc4c5ccccc5c5ccccc5c4c3)cc12. The van der Waals surface area contributed by atoms with Crippen molar-refractivity contribution in [1.29, 1.82) is 0 Å². The van der Waals surface area contributed by atoms with Crippen LogP contribution in [0, 0.1) is 0 Å². The summed E-state index contributed by atoms with van der Waals surface area (Å²) in [5.74, 6) is 0.599. The van der Waals surface area contributed by atoms with E-state index in [2.05, 4.69) is 169 Å². The Hall–Kier alpha value is -7.10. The van der Waals surface area contributed by atoms with E-state index >= 15 is 0 Å². The molecule has 9 aromatic carbocycles. The summed E-state index contributed by atoms with van der Waals surface area (Å²) in [5, 5.41) is 9.79. The van der Waals surface area contributed by atoms with Crippen molar-refractivity contribution in [3.63, 3.8) is 0 Å². The van der Waals surface area contributed by atoms with Crippen LogP contribution in [0.2, 0.25) is 0 Å². The Bertz CT molecular complexity index is 3060. The molecular formula is C51H34N2O. The van der Waals surface area contributed by atoms with E-state index in [0.29, 0.717) is 12.4 Å². The van der Waals surface area contributed by atoms with Crippen LogP contribution in [-0.2, 0) is 6.54 Å². The molecule has 0 spiro atoms. The van der Waals surface area contributed by atoms with Crippen molar-refractivity contribution in [2.45, 2.75) is 6.54 Å². The number of benzene rings is 9. The molecule has 0 amide bonds. The van der Waals surface area contributed by atoms with Crippen LogP contribution < -0.4 is 0 Å². The van der Waals surface area contributed by atoms with Crippen molar-refractivity contribution in [1.82, 2.24) is 0 Å². The molecule has 0 radical (unpaired) electrons. The molecule has 0 fully saturated rings. The topological polar surface area (TPSA) is 37.9 Å². The average molecular weight is 691 g/mol. The number of aliphatic imine (C=N–C) groups is 2. The van der Waals surface area contributed by atoms with Crippen LogP contribution >= 0.6 is 0 Å². The summed E-state index contributed by atoms with van der Waals surface area (Å²) in [6, 6.07) is 64.8. The molecule has 0 aliphatic heterocycles. The maximum atomic E-state index is 6.41. The first-order valence-corrected chi connectivity index (χ1v) is 18.3. The molecule has 254 valence electrons. The summed E-state index contributed by atoms with van der Waals surface area (Å²) in [4.78, 5) is 9.00. The van der Waals surface area contributed by atoms with Crippen molar-refractivity contribution >= 4 is 66.8 Å². The standard InChI is InChI=1S/C51H34N2O/c1-52-51(53-32-33-13-3-2-4-14-33)36-24-27-46-48-30-35(25-28-49(48)54-50(46)31-36)38-16-6-8-18-40(38)39-17-7-5-15-37(39)34-23-26-45-43-21-10-9-19-41(43)42-20-11-12-22-44(42)47(45)29-34/h2-31H,1,32H2/b53-51-. The first kappa shape index (κ1) is 31.6. The third kappa shape index (κ3) is 5.37. The van der Waals surface area contributed by atoms with Crippen LogP contribution in [0.1, 0.15) is 11.1 Å². The molecule has 0 atom stereocenters. The largest absolute Gasteiger partial charge is 0.456 e. The van der Waals surface area contributed by atoms with Crippen LogP contribution in [0.25, 0.3) is 87.6 Å². The number of amidine groups is 1. The number of fused-ring (bicyclic) bond motifs is 9. The van der Waals surface area contributed by atoms with Gasteiger partial charge < -0.3 is 4.42 Å². The van der Waals surface area contributed by atoms with Crippen molar-refractivity contribution in [2.24, 2.45) is 9.98 Å². The average Bonchev–Trinajstić information content (AvgIpc) is 3.61. The highest BCUT2D eigenvalue weighted by molar-refractivity contribution is 6.26. The van der Waals surface area contributed by atoms with E-state index in [1.165, 1.54) is 60.1 Å². The lowest BCUT2D eigenvalue weighted by molar-refractivity contribution is 0.669. The van der Waals surface area contributed by atoms with Crippen molar-refractivity contribution in [2.75, 3.05) is 0 Å². The van der Waals surface area contributed by atoms with E-state index in [1.807, 2.05) is 24.3 Å². The molecule has 10 aromatic rings. The van der Waals surface area contributed by atoms with Crippen LogP contribution in [0.4, 0.5) is 0 Å². The van der Waals surface area contributed by atoms with Gasteiger partial charge in [-0.1, -0.05) is 152 Å². The zero-order valence-corrected chi connectivity index (χ0v) is 29.5. The second kappa shape index (κ2) is 13.1. The Kier molecular flexibility index (Phi) is 7.70.